The molecule has 0 unspecified atom stereocenters. The minimum absolute atomic E-state index is 0.177. The molecule has 0 saturated carbocycles. The second kappa shape index (κ2) is 6.48. The Balaban J connectivity index is 1.92. The standard InChI is InChI=1S/C19H17NO3/c21-18-15-10-4-5-11-17(15)20(13-16(18)19(22)23)12-6-9-14-7-2-1-3-8-14/h1-5,7-8,10-11,13H,6,9,12H2,(H,22,23). The number of benzene rings is 2. The van der Waals surface area contributed by atoms with Crippen LogP contribution in [-0.4, -0.2) is 15.6 Å². The molecule has 4 nitrogen and oxygen atoms in total. The van der Waals surface area contributed by atoms with Crippen molar-refractivity contribution in [2.45, 2.75) is 19.4 Å². The lowest BCUT2D eigenvalue weighted by molar-refractivity contribution is 0.0695. The fraction of sp³-hybridized carbons (Fsp3) is 0.158. The Morgan fingerprint density at radius 2 is 1.70 bits per heavy atom. The van der Waals surface area contributed by atoms with Crippen LogP contribution >= 0.6 is 0 Å². The van der Waals surface area contributed by atoms with E-state index in [0.29, 0.717) is 11.9 Å². The second-order valence-corrected chi connectivity index (χ2v) is 5.48. The minimum Gasteiger partial charge on any atom is -0.477 e. The number of pyridine rings is 1. The van der Waals surface area contributed by atoms with Crippen molar-refractivity contribution in [3.05, 3.63) is 82.1 Å². The van der Waals surface area contributed by atoms with Gasteiger partial charge in [0.2, 0.25) is 5.43 Å². The van der Waals surface area contributed by atoms with Gasteiger partial charge in [0, 0.05) is 18.1 Å². The van der Waals surface area contributed by atoms with E-state index in [1.807, 2.05) is 34.9 Å². The highest BCUT2D eigenvalue weighted by Crippen LogP contribution is 2.13. The van der Waals surface area contributed by atoms with Crippen LogP contribution in [0.2, 0.25) is 0 Å². The zero-order chi connectivity index (χ0) is 16.2. The normalized spacial score (nSPS) is 10.8. The monoisotopic (exact) mass is 307 g/mol. The van der Waals surface area contributed by atoms with Crippen LogP contribution in [0.15, 0.2) is 65.6 Å². The van der Waals surface area contributed by atoms with Crippen molar-refractivity contribution in [3.8, 4) is 0 Å². The van der Waals surface area contributed by atoms with Crippen molar-refractivity contribution in [3.63, 3.8) is 0 Å². The van der Waals surface area contributed by atoms with Gasteiger partial charge in [-0.1, -0.05) is 42.5 Å². The molecule has 23 heavy (non-hydrogen) atoms. The van der Waals surface area contributed by atoms with Gasteiger partial charge in [0.15, 0.2) is 0 Å². The molecule has 2 aromatic carbocycles. The van der Waals surface area contributed by atoms with Gasteiger partial charge in [-0.05, 0) is 30.5 Å². The van der Waals surface area contributed by atoms with Crippen LogP contribution in [0.25, 0.3) is 10.9 Å². The number of aromatic carboxylic acids is 1. The Morgan fingerprint density at radius 1 is 1.00 bits per heavy atom. The number of hydrogen-bond acceptors (Lipinski definition) is 2. The van der Waals surface area contributed by atoms with E-state index in [4.69, 9.17) is 0 Å². The molecule has 116 valence electrons. The third-order valence-electron chi connectivity index (χ3n) is 3.93. The summed E-state index contributed by atoms with van der Waals surface area (Å²) in [5.41, 5.74) is 1.42. The van der Waals surface area contributed by atoms with E-state index in [-0.39, 0.29) is 5.56 Å². The summed E-state index contributed by atoms with van der Waals surface area (Å²) in [6.45, 7) is 0.663. The fourth-order valence-electron chi connectivity index (χ4n) is 2.78. The molecule has 3 aromatic rings. The van der Waals surface area contributed by atoms with Gasteiger partial charge < -0.3 is 9.67 Å². The maximum absolute atomic E-state index is 12.2. The van der Waals surface area contributed by atoms with Gasteiger partial charge in [-0.25, -0.2) is 4.79 Å². The van der Waals surface area contributed by atoms with Gasteiger partial charge in [0.05, 0.1) is 5.52 Å². The first-order valence-electron chi connectivity index (χ1n) is 7.56. The van der Waals surface area contributed by atoms with Gasteiger partial charge in [-0.3, -0.25) is 4.79 Å². The molecule has 4 heteroatoms. The third-order valence-corrected chi connectivity index (χ3v) is 3.93. The zero-order valence-electron chi connectivity index (χ0n) is 12.6. The number of aromatic nitrogens is 1. The van der Waals surface area contributed by atoms with Crippen molar-refractivity contribution >= 4 is 16.9 Å². The van der Waals surface area contributed by atoms with Gasteiger partial charge in [0.1, 0.15) is 5.56 Å². The molecule has 0 aliphatic carbocycles. The van der Waals surface area contributed by atoms with Crippen molar-refractivity contribution < 1.29 is 9.90 Å². The molecule has 1 aromatic heterocycles. The number of aryl methyl sites for hydroxylation is 2. The van der Waals surface area contributed by atoms with Crippen LogP contribution in [0, 0.1) is 0 Å². The van der Waals surface area contributed by atoms with E-state index in [9.17, 15) is 14.7 Å². The van der Waals surface area contributed by atoms with Crippen LogP contribution in [0.5, 0.6) is 0 Å². The Hall–Kier alpha value is -2.88. The lowest BCUT2D eigenvalue weighted by Gasteiger charge is -2.12. The SMILES string of the molecule is O=C(O)c1cn(CCCc2ccccc2)c2ccccc2c1=O. The summed E-state index contributed by atoms with van der Waals surface area (Å²) in [7, 11) is 0. The summed E-state index contributed by atoms with van der Waals surface area (Å²) >= 11 is 0. The number of hydrogen-bond donors (Lipinski definition) is 1. The van der Waals surface area contributed by atoms with Crippen molar-refractivity contribution in [1.29, 1.82) is 0 Å². The van der Waals surface area contributed by atoms with Crippen LogP contribution in [0.4, 0.5) is 0 Å². The van der Waals surface area contributed by atoms with E-state index < -0.39 is 11.4 Å². The first-order chi connectivity index (χ1) is 11.2. The van der Waals surface area contributed by atoms with Crippen LogP contribution in [-0.2, 0) is 13.0 Å². The first kappa shape index (κ1) is 15.0. The quantitative estimate of drug-likeness (QED) is 0.786. The summed E-state index contributed by atoms with van der Waals surface area (Å²) in [6.07, 6.45) is 3.23. The van der Waals surface area contributed by atoms with E-state index in [1.165, 1.54) is 11.8 Å². The minimum atomic E-state index is -1.18. The number of nitrogens with zero attached hydrogens (tertiary/aromatic N) is 1. The molecule has 1 N–H and O–H groups in total. The maximum Gasteiger partial charge on any atom is 0.341 e. The molecule has 1 heterocycles. The van der Waals surface area contributed by atoms with Crippen molar-refractivity contribution in [2.75, 3.05) is 0 Å². The van der Waals surface area contributed by atoms with Crippen LogP contribution in [0.1, 0.15) is 22.3 Å². The Morgan fingerprint density at radius 3 is 2.43 bits per heavy atom. The van der Waals surface area contributed by atoms with Crippen LogP contribution in [0.3, 0.4) is 0 Å². The number of carboxylic acids is 1. The molecule has 0 bridgehead atoms. The molecule has 0 amide bonds. The van der Waals surface area contributed by atoms with E-state index in [0.717, 1.165) is 18.4 Å². The average Bonchev–Trinajstić information content (AvgIpc) is 2.58. The summed E-state index contributed by atoms with van der Waals surface area (Å²) in [5, 5.41) is 9.69. The highest BCUT2D eigenvalue weighted by molar-refractivity contribution is 5.92. The predicted molar refractivity (Wildman–Crippen MR) is 89.9 cm³/mol. The number of para-hydroxylation sites is 1. The molecule has 0 fully saturated rings. The Kier molecular flexibility index (Phi) is 4.24. The predicted octanol–water partition coefficient (Wildman–Crippen LogP) is 3.33. The maximum atomic E-state index is 12.2. The smallest absolute Gasteiger partial charge is 0.341 e. The highest BCUT2D eigenvalue weighted by Gasteiger charge is 2.13. The fourth-order valence-corrected chi connectivity index (χ4v) is 2.78. The Labute approximate surface area is 133 Å². The lowest BCUT2D eigenvalue weighted by Crippen LogP contribution is -2.19. The third kappa shape index (κ3) is 3.16. The van der Waals surface area contributed by atoms with Crippen molar-refractivity contribution in [2.24, 2.45) is 0 Å². The zero-order valence-corrected chi connectivity index (χ0v) is 12.6. The van der Waals surface area contributed by atoms with Gasteiger partial charge in [-0.15, -0.1) is 0 Å². The van der Waals surface area contributed by atoms with E-state index in [1.54, 1.807) is 12.1 Å². The molecular weight excluding hydrogens is 290 g/mol. The number of rotatable bonds is 5. The molecule has 0 aliphatic rings. The molecular formula is C19H17NO3. The molecule has 0 radical (unpaired) electrons. The summed E-state index contributed by atoms with van der Waals surface area (Å²) in [6, 6.07) is 17.3. The van der Waals surface area contributed by atoms with Crippen molar-refractivity contribution in [1.82, 2.24) is 4.57 Å². The second-order valence-electron chi connectivity index (χ2n) is 5.48. The largest absolute Gasteiger partial charge is 0.477 e. The van der Waals surface area contributed by atoms with Gasteiger partial charge in [-0.2, -0.15) is 0 Å². The topological polar surface area (TPSA) is 59.3 Å². The number of carboxylic acid groups (broad SMARTS) is 1. The summed E-state index contributed by atoms with van der Waals surface area (Å²) in [4.78, 5) is 23.5. The molecule has 0 saturated heterocycles. The molecule has 0 spiro atoms. The van der Waals surface area contributed by atoms with E-state index >= 15 is 0 Å². The van der Waals surface area contributed by atoms with Crippen LogP contribution < -0.4 is 5.43 Å². The number of fused-ring (bicyclic) bond motifs is 1. The van der Waals surface area contributed by atoms with Gasteiger partial charge in [0.25, 0.3) is 0 Å². The molecule has 0 aliphatic heterocycles. The summed E-state index contributed by atoms with van der Waals surface area (Å²) < 4.78 is 1.86. The first-order valence-corrected chi connectivity index (χ1v) is 7.56. The van der Waals surface area contributed by atoms with E-state index in [2.05, 4.69) is 12.1 Å². The number of carbonyl (C=O) groups is 1. The summed E-state index contributed by atoms with van der Waals surface area (Å²) in [5.74, 6) is -1.18. The Bertz CT molecular complexity index is 897. The highest BCUT2D eigenvalue weighted by atomic mass is 16.4. The lowest BCUT2D eigenvalue weighted by atomic mass is 10.1. The van der Waals surface area contributed by atoms with Gasteiger partial charge >= 0.3 is 5.97 Å². The molecule has 3 rings (SSSR count). The molecule has 0 atom stereocenters. The average molecular weight is 307 g/mol.